The van der Waals surface area contributed by atoms with E-state index >= 15 is 0 Å². The zero-order valence-electron chi connectivity index (χ0n) is 16.5. The predicted octanol–water partition coefficient (Wildman–Crippen LogP) is 4.78. The lowest BCUT2D eigenvalue weighted by Crippen LogP contribution is -2.18. The maximum Gasteiger partial charge on any atom is 0.155 e. The molecule has 0 aliphatic rings. The van der Waals surface area contributed by atoms with Gasteiger partial charge in [-0.3, -0.25) is 0 Å². The number of aromatic nitrogens is 2. The Morgan fingerprint density at radius 2 is 2.00 bits per heavy atom. The first-order valence-electron chi connectivity index (χ1n) is 9.29. The molecule has 4 rings (SSSR count). The molecule has 0 atom stereocenters. The third-order valence-electron chi connectivity index (χ3n) is 4.11. The Labute approximate surface area is 163 Å². The monoisotopic (exact) mass is 377 g/mol. The van der Waals surface area contributed by atoms with Gasteiger partial charge in [0.1, 0.15) is 28.0 Å². The van der Waals surface area contributed by atoms with Crippen molar-refractivity contribution in [3.8, 4) is 17.2 Å². The molecule has 1 aromatic carbocycles. The molecule has 3 aromatic heterocycles. The van der Waals surface area contributed by atoms with Gasteiger partial charge in [-0.2, -0.15) is 0 Å². The van der Waals surface area contributed by atoms with Crippen LogP contribution in [0.25, 0.3) is 27.9 Å². The number of nitrogens with zero attached hydrogens (tertiary/aromatic N) is 3. The van der Waals surface area contributed by atoms with Crippen LogP contribution in [-0.2, 0) is 4.84 Å². The second-order valence-corrected chi connectivity index (χ2v) is 7.50. The Kier molecular flexibility index (Phi) is 4.55. The summed E-state index contributed by atoms with van der Waals surface area (Å²) in [5, 5.41) is 5.89. The van der Waals surface area contributed by atoms with E-state index in [4.69, 9.17) is 14.0 Å². The van der Waals surface area contributed by atoms with Crippen LogP contribution in [0.3, 0.4) is 0 Å². The molecular formula is C22H23N3O3. The highest BCUT2D eigenvalue weighted by Gasteiger charge is 2.13. The number of hydrogen-bond acceptors (Lipinski definition) is 5. The molecule has 4 aromatic rings. The Hall–Kier alpha value is -3.28. The summed E-state index contributed by atoms with van der Waals surface area (Å²) >= 11 is 0. The summed E-state index contributed by atoms with van der Waals surface area (Å²) in [7, 11) is 0. The van der Waals surface area contributed by atoms with Crippen molar-refractivity contribution in [2.75, 3.05) is 6.61 Å². The highest BCUT2D eigenvalue weighted by atomic mass is 16.6. The van der Waals surface area contributed by atoms with Gasteiger partial charge in [-0.15, -0.1) is 0 Å². The number of rotatable bonds is 4. The van der Waals surface area contributed by atoms with Crippen molar-refractivity contribution in [3.63, 3.8) is 0 Å². The van der Waals surface area contributed by atoms with Crippen molar-refractivity contribution < 1.29 is 14.0 Å². The minimum atomic E-state index is -0.403. The fourth-order valence-corrected chi connectivity index (χ4v) is 2.86. The summed E-state index contributed by atoms with van der Waals surface area (Å²) in [6.07, 6.45) is 3.72. The largest absolute Gasteiger partial charge is 0.494 e. The first-order valence-corrected chi connectivity index (χ1v) is 9.29. The summed E-state index contributed by atoms with van der Waals surface area (Å²) in [5.41, 5.74) is 2.06. The molecule has 6 nitrogen and oxygen atoms in total. The minimum Gasteiger partial charge on any atom is -0.494 e. The van der Waals surface area contributed by atoms with E-state index in [9.17, 15) is 0 Å². The van der Waals surface area contributed by atoms with Crippen LogP contribution in [0.1, 0.15) is 27.7 Å². The molecule has 0 radical (unpaired) electrons. The molecule has 144 valence electrons. The smallest absolute Gasteiger partial charge is 0.155 e. The number of benzene rings is 1. The predicted molar refractivity (Wildman–Crippen MR) is 108 cm³/mol. The molecule has 6 heteroatoms. The Bertz CT molecular complexity index is 1200. The van der Waals surface area contributed by atoms with Gasteiger partial charge in [0.15, 0.2) is 5.76 Å². The van der Waals surface area contributed by atoms with Gasteiger partial charge in [-0.1, -0.05) is 5.16 Å². The number of fused-ring (bicyclic) bond motifs is 2. The molecule has 0 amide bonds. The maximum atomic E-state index is 6.14. The zero-order chi connectivity index (χ0) is 19.7. The van der Waals surface area contributed by atoms with Crippen LogP contribution in [0, 0.1) is 0 Å². The molecule has 0 aliphatic carbocycles. The Balaban J connectivity index is 1.91. The van der Waals surface area contributed by atoms with E-state index in [1.165, 1.54) is 0 Å². The third kappa shape index (κ3) is 3.71. The number of ether oxygens (including phenoxy) is 1. The van der Waals surface area contributed by atoms with Crippen LogP contribution >= 0.6 is 0 Å². The lowest BCUT2D eigenvalue weighted by atomic mass is 10.2. The molecule has 3 heterocycles. The van der Waals surface area contributed by atoms with Gasteiger partial charge in [-0.05, 0) is 64.1 Å². The summed E-state index contributed by atoms with van der Waals surface area (Å²) in [5.74, 6) is 1.38. The molecule has 0 saturated heterocycles. The first-order chi connectivity index (χ1) is 13.4. The fourth-order valence-electron chi connectivity index (χ4n) is 2.86. The van der Waals surface area contributed by atoms with Crippen LogP contribution in [0.5, 0.6) is 5.75 Å². The van der Waals surface area contributed by atoms with Crippen molar-refractivity contribution in [2.24, 2.45) is 5.16 Å². The second kappa shape index (κ2) is 7.03. The molecule has 0 fully saturated rings. The van der Waals surface area contributed by atoms with E-state index in [1.807, 2.05) is 80.8 Å². The molecule has 0 unspecified atom stereocenters. The van der Waals surface area contributed by atoms with Crippen molar-refractivity contribution in [2.45, 2.75) is 33.3 Å². The molecule has 0 spiro atoms. The van der Waals surface area contributed by atoms with Crippen LogP contribution in [0.2, 0.25) is 0 Å². The van der Waals surface area contributed by atoms with Crippen LogP contribution < -0.4 is 10.1 Å². The lowest BCUT2D eigenvalue weighted by molar-refractivity contribution is -0.00585. The van der Waals surface area contributed by atoms with E-state index in [-0.39, 0.29) is 0 Å². The van der Waals surface area contributed by atoms with Crippen molar-refractivity contribution >= 4 is 16.5 Å². The van der Waals surface area contributed by atoms with E-state index < -0.39 is 5.60 Å². The van der Waals surface area contributed by atoms with Crippen molar-refractivity contribution in [1.82, 2.24) is 9.38 Å². The maximum absolute atomic E-state index is 6.14. The third-order valence-corrected chi connectivity index (χ3v) is 4.11. The summed E-state index contributed by atoms with van der Waals surface area (Å²) in [4.78, 5) is 10.2. The van der Waals surface area contributed by atoms with Crippen LogP contribution in [0.4, 0.5) is 0 Å². The molecule has 0 bridgehead atoms. The highest BCUT2D eigenvalue weighted by Crippen LogP contribution is 2.24. The second-order valence-electron chi connectivity index (χ2n) is 7.50. The quantitative estimate of drug-likeness (QED) is 0.480. The van der Waals surface area contributed by atoms with E-state index in [0.29, 0.717) is 23.3 Å². The van der Waals surface area contributed by atoms with E-state index in [2.05, 4.69) is 10.1 Å². The summed E-state index contributed by atoms with van der Waals surface area (Å²) in [6, 6.07) is 13.5. The molecule has 0 N–H and O–H groups in total. The standard InChI is InChI=1S/C22H23N3O3/c1-5-26-16-8-9-20-17(12-16)18(24-28-22(2,3)4)13-21(27-20)19-11-15-7-6-10-25(15)14-23-19/h6-14H,5H2,1-4H3. The van der Waals surface area contributed by atoms with Crippen molar-refractivity contribution in [1.29, 1.82) is 0 Å². The Morgan fingerprint density at radius 3 is 2.79 bits per heavy atom. The van der Waals surface area contributed by atoms with Gasteiger partial charge in [0.2, 0.25) is 0 Å². The van der Waals surface area contributed by atoms with Gasteiger partial charge in [-0.25, -0.2) is 4.98 Å². The molecule has 0 saturated carbocycles. The first kappa shape index (κ1) is 18.1. The number of hydrogen-bond donors (Lipinski definition) is 0. The molecule has 0 aliphatic heterocycles. The normalized spacial score (nSPS) is 12.6. The lowest BCUT2D eigenvalue weighted by Gasteiger charge is -2.15. The van der Waals surface area contributed by atoms with Gasteiger partial charge in [0.05, 0.1) is 18.3 Å². The fraction of sp³-hybridized carbons (Fsp3) is 0.273. The molecule has 28 heavy (non-hydrogen) atoms. The summed E-state index contributed by atoms with van der Waals surface area (Å²) < 4.78 is 13.7. The average Bonchev–Trinajstić information content (AvgIpc) is 3.13. The minimum absolute atomic E-state index is 0.403. The van der Waals surface area contributed by atoms with Gasteiger partial charge >= 0.3 is 0 Å². The topological polar surface area (TPSA) is 61.3 Å². The summed E-state index contributed by atoms with van der Waals surface area (Å²) in [6.45, 7) is 8.42. The van der Waals surface area contributed by atoms with Gasteiger partial charge < -0.3 is 18.4 Å². The van der Waals surface area contributed by atoms with Crippen LogP contribution in [0.15, 0.2) is 64.6 Å². The Morgan fingerprint density at radius 1 is 1.14 bits per heavy atom. The van der Waals surface area contributed by atoms with Crippen molar-refractivity contribution in [3.05, 3.63) is 60.3 Å². The SMILES string of the molecule is CCOc1ccc2oc(-c3cc4cccn4cn3)cc(=NOC(C)(C)C)c2c1. The zero-order valence-corrected chi connectivity index (χ0v) is 16.5. The van der Waals surface area contributed by atoms with E-state index in [1.54, 1.807) is 6.33 Å². The van der Waals surface area contributed by atoms with Crippen LogP contribution in [-0.4, -0.2) is 21.6 Å². The van der Waals surface area contributed by atoms with Gasteiger partial charge in [0.25, 0.3) is 0 Å². The molecular weight excluding hydrogens is 354 g/mol. The highest BCUT2D eigenvalue weighted by molar-refractivity contribution is 5.80. The van der Waals surface area contributed by atoms with E-state index in [0.717, 1.165) is 22.3 Å². The average molecular weight is 377 g/mol. The van der Waals surface area contributed by atoms with Gasteiger partial charge in [0, 0.05) is 17.8 Å².